The van der Waals surface area contributed by atoms with Gasteiger partial charge < -0.3 is 9.80 Å². The quantitative estimate of drug-likeness (QED) is 0.145. The smallest absolute Gasteiger partial charge is 0.232 e. The summed E-state index contributed by atoms with van der Waals surface area (Å²) in [5.74, 6) is -1.28. The molecule has 4 aromatic carbocycles. The van der Waals surface area contributed by atoms with Crippen molar-refractivity contribution in [2.45, 2.75) is 6.42 Å². The number of amides is 2. The van der Waals surface area contributed by atoms with Crippen LogP contribution in [0.15, 0.2) is 119 Å². The second kappa shape index (κ2) is 16.1. The van der Waals surface area contributed by atoms with Crippen LogP contribution in [0.25, 0.3) is 24.3 Å². The Morgan fingerprint density at radius 1 is 0.431 bits per heavy atom. The third kappa shape index (κ3) is 9.34. The Labute approximate surface area is 315 Å². The maximum Gasteiger partial charge on any atom is 0.232 e. The molecular formula is C41H30Cl4N2O4. The van der Waals surface area contributed by atoms with Gasteiger partial charge in [0, 0.05) is 68.6 Å². The van der Waals surface area contributed by atoms with Gasteiger partial charge in [-0.15, -0.1) is 0 Å². The fraction of sp³-hybridized carbons (Fsp3) is 0.122. The van der Waals surface area contributed by atoms with Crippen molar-refractivity contribution in [3.8, 4) is 0 Å². The van der Waals surface area contributed by atoms with E-state index in [2.05, 4.69) is 0 Å². The minimum absolute atomic E-state index is 0.0213. The minimum atomic E-state index is -0.451. The molecule has 2 saturated heterocycles. The van der Waals surface area contributed by atoms with E-state index in [-0.39, 0.29) is 37.7 Å². The number of piperidine rings is 2. The Hall–Kier alpha value is -4.72. The lowest BCUT2D eigenvalue weighted by Gasteiger charge is -2.32. The summed E-state index contributed by atoms with van der Waals surface area (Å²) in [6.45, 7) is 0.0851. The molecule has 51 heavy (non-hydrogen) atoms. The molecule has 10 heteroatoms. The Morgan fingerprint density at radius 3 is 0.863 bits per heavy atom. The molecule has 0 bridgehead atoms. The first kappa shape index (κ1) is 36.1. The number of nitrogens with zero attached hydrogens (tertiary/aromatic N) is 2. The largest absolute Gasteiger partial charge is 0.333 e. The van der Waals surface area contributed by atoms with Gasteiger partial charge in [-0.1, -0.05) is 94.9 Å². The number of rotatable bonds is 6. The van der Waals surface area contributed by atoms with Gasteiger partial charge in [-0.25, -0.2) is 0 Å². The van der Waals surface area contributed by atoms with E-state index < -0.39 is 18.2 Å². The summed E-state index contributed by atoms with van der Waals surface area (Å²) in [7, 11) is 0. The van der Waals surface area contributed by atoms with E-state index in [0.717, 1.165) is 22.3 Å². The highest BCUT2D eigenvalue weighted by molar-refractivity contribution is 6.31. The molecule has 0 saturated carbocycles. The predicted octanol–water partition coefficient (Wildman–Crippen LogP) is 9.15. The van der Waals surface area contributed by atoms with Crippen LogP contribution in [0.2, 0.25) is 20.1 Å². The Balaban J connectivity index is 1.27. The van der Waals surface area contributed by atoms with Crippen LogP contribution in [0.4, 0.5) is 0 Å². The zero-order chi connectivity index (χ0) is 36.1. The van der Waals surface area contributed by atoms with Crippen molar-refractivity contribution < 1.29 is 19.2 Å². The zero-order valence-corrected chi connectivity index (χ0v) is 30.1. The van der Waals surface area contributed by atoms with Crippen molar-refractivity contribution in [2.75, 3.05) is 26.2 Å². The fourth-order valence-corrected chi connectivity index (χ4v) is 6.33. The molecule has 4 aromatic rings. The van der Waals surface area contributed by atoms with Crippen molar-refractivity contribution in [3.63, 3.8) is 0 Å². The predicted molar refractivity (Wildman–Crippen MR) is 206 cm³/mol. The first-order valence-electron chi connectivity index (χ1n) is 16.0. The van der Waals surface area contributed by atoms with E-state index in [9.17, 15) is 19.2 Å². The van der Waals surface area contributed by atoms with Gasteiger partial charge in [-0.05, 0) is 95.1 Å². The number of carbonyl (C=O) groups excluding carboxylic acids is 4. The maximum absolute atomic E-state index is 13.9. The summed E-state index contributed by atoms with van der Waals surface area (Å²) in [4.78, 5) is 58.1. The van der Waals surface area contributed by atoms with Gasteiger partial charge >= 0.3 is 0 Å². The summed E-state index contributed by atoms with van der Waals surface area (Å²) in [5.41, 5.74) is 4.58. The van der Waals surface area contributed by atoms with Crippen LogP contribution in [-0.2, 0) is 19.2 Å². The van der Waals surface area contributed by atoms with Gasteiger partial charge in [-0.3, -0.25) is 19.2 Å². The molecular weight excluding hydrogens is 726 g/mol. The van der Waals surface area contributed by atoms with Crippen LogP contribution in [0.5, 0.6) is 0 Å². The minimum Gasteiger partial charge on any atom is -0.333 e. The molecule has 0 N–H and O–H groups in total. The van der Waals surface area contributed by atoms with Crippen LogP contribution in [0.1, 0.15) is 28.7 Å². The molecule has 2 amide bonds. The van der Waals surface area contributed by atoms with Gasteiger partial charge in [0.25, 0.3) is 0 Å². The number of likely N-dealkylation sites (tertiary alicyclic amines) is 2. The standard InChI is InChI=1S/C41H30Cl4N2O4/c42-34-9-1-26(2-10-34)17-30-22-46(23-31(40(30)50)18-27-3-11-35(43)12-4-27)38(48)21-39(49)47-24-32(19-28-5-13-36(44)14-6-28)41(51)33(25-47)20-29-7-15-37(45)16-8-29/h1-20H,21-25H2/b30-17+,31-18+,32-19+,33-20+. The third-order valence-electron chi connectivity index (χ3n) is 8.46. The lowest BCUT2D eigenvalue weighted by molar-refractivity contribution is -0.140. The number of hydrogen-bond donors (Lipinski definition) is 0. The van der Waals surface area contributed by atoms with Crippen LogP contribution in [0.3, 0.4) is 0 Å². The van der Waals surface area contributed by atoms with Crippen LogP contribution < -0.4 is 0 Å². The molecule has 0 aliphatic carbocycles. The molecule has 2 fully saturated rings. The Kier molecular flexibility index (Phi) is 11.4. The van der Waals surface area contributed by atoms with Crippen molar-refractivity contribution in [1.29, 1.82) is 0 Å². The monoisotopic (exact) mass is 754 g/mol. The number of hydrogen-bond acceptors (Lipinski definition) is 4. The molecule has 2 aliphatic heterocycles. The highest BCUT2D eigenvalue weighted by atomic mass is 35.5. The first-order chi connectivity index (χ1) is 24.5. The molecule has 2 aliphatic rings. The molecule has 6 nitrogen and oxygen atoms in total. The van der Waals surface area contributed by atoms with Crippen LogP contribution in [0, 0.1) is 0 Å². The Morgan fingerprint density at radius 2 is 0.647 bits per heavy atom. The Bertz CT molecular complexity index is 1830. The lowest BCUT2D eigenvalue weighted by Crippen LogP contribution is -2.46. The number of halogens is 4. The average molecular weight is 757 g/mol. The highest BCUT2D eigenvalue weighted by Crippen LogP contribution is 2.27. The zero-order valence-electron chi connectivity index (χ0n) is 27.1. The number of carbonyl (C=O) groups is 4. The van der Waals surface area contributed by atoms with E-state index in [4.69, 9.17) is 46.4 Å². The van der Waals surface area contributed by atoms with E-state index in [1.807, 2.05) is 0 Å². The second-order valence-corrected chi connectivity index (χ2v) is 14.0. The van der Waals surface area contributed by atoms with Gasteiger partial charge in [0.15, 0.2) is 11.6 Å². The van der Waals surface area contributed by atoms with Crippen LogP contribution in [-0.4, -0.2) is 59.4 Å². The van der Waals surface area contributed by atoms with Crippen molar-refractivity contribution in [1.82, 2.24) is 9.80 Å². The van der Waals surface area contributed by atoms with Gasteiger partial charge in [-0.2, -0.15) is 0 Å². The SMILES string of the molecule is O=C1/C(=C/c2ccc(Cl)cc2)CN(C(=O)CC(=O)N2C/C(=C\c3ccc(Cl)cc3)C(=O)/C(=C/c3ccc(Cl)cc3)C2)C/C1=C\c1ccc(Cl)cc1. The summed E-state index contributed by atoms with van der Waals surface area (Å²) >= 11 is 24.3. The molecule has 2 heterocycles. The number of ketones is 2. The van der Waals surface area contributed by atoms with Crippen molar-refractivity contribution in [3.05, 3.63) is 162 Å². The highest BCUT2D eigenvalue weighted by Gasteiger charge is 2.33. The molecule has 0 atom stereocenters. The maximum atomic E-state index is 13.9. The molecule has 0 spiro atoms. The molecule has 0 unspecified atom stereocenters. The molecule has 256 valence electrons. The van der Waals surface area contributed by atoms with E-state index >= 15 is 0 Å². The lowest BCUT2D eigenvalue weighted by atomic mass is 9.93. The summed E-state index contributed by atoms with van der Waals surface area (Å²) in [6.07, 6.45) is 6.47. The number of Topliss-reactive ketones (excluding diaryl/α,β-unsaturated/α-hetero) is 2. The topological polar surface area (TPSA) is 74.8 Å². The van der Waals surface area contributed by atoms with E-state index in [0.29, 0.717) is 42.4 Å². The number of benzene rings is 4. The normalized spacial score (nSPS) is 18.3. The average Bonchev–Trinajstić information content (AvgIpc) is 3.11. The van der Waals surface area contributed by atoms with E-state index in [1.165, 1.54) is 9.80 Å². The van der Waals surface area contributed by atoms with Crippen molar-refractivity contribution >= 4 is 94.1 Å². The van der Waals surface area contributed by atoms with Crippen LogP contribution >= 0.6 is 46.4 Å². The van der Waals surface area contributed by atoms with Gasteiger partial charge in [0.05, 0.1) is 0 Å². The molecule has 6 rings (SSSR count). The van der Waals surface area contributed by atoms with Gasteiger partial charge in [0.2, 0.25) is 11.8 Å². The molecule has 0 radical (unpaired) electrons. The second-order valence-electron chi connectivity index (χ2n) is 12.2. The summed E-state index contributed by atoms with van der Waals surface area (Å²) < 4.78 is 0. The van der Waals surface area contributed by atoms with Crippen molar-refractivity contribution in [2.24, 2.45) is 0 Å². The van der Waals surface area contributed by atoms with E-state index in [1.54, 1.807) is 121 Å². The summed E-state index contributed by atoms with van der Waals surface area (Å²) in [6, 6.07) is 28.1. The fourth-order valence-electron chi connectivity index (χ4n) is 5.83. The summed E-state index contributed by atoms with van der Waals surface area (Å²) in [5, 5.41) is 2.23. The molecule has 0 aromatic heterocycles. The van der Waals surface area contributed by atoms with Gasteiger partial charge in [0.1, 0.15) is 6.42 Å². The first-order valence-corrected chi connectivity index (χ1v) is 17.5. The third-order valence-corrected chi connectivity index (χ3v) is 9.47.